The summed E-state index contributed by atoms with van der Waals surface area (Å²) in [5, 5.41) is 2.76. The Bertz CT molecular complexity index is 1340. The molecule has 0 spiro atoms. The van der Waals surface area contributed by atoms with E-state index in [2.05, 4.69) is 10.3 Å². The second-order valence-electron chi connectivity index (χ2n) is 8.37. The number of carbonyl (C=O) groups excluding carboxylic acids is 1. The third-order valence-electron chi connectivity index (χ3n) is 6.08. The van der Waals surface area contributed by atoms with Crippen molar-refractivity contribution in [1.82, 2.24) is 9.29 Å². The smallest absolute Gasteiger partial charge is 0.248 e. The standard InChI is InChI=1S/C26H25N3O5S/c30-26(13-7-19-6-12-24-25(16-19)34-18-33-24)28-21-8-10-22(11-9-21)35(31,32)29-15-2-1-5-23(29)20-4-3-14-27-17-20/h3-4,6-14,16-17,23H,1-2,5,15,18H2,(H,28,30)/b13-7+. The molecule has 0 aliphatic carbocycles. The molecule has 1 aromatic heterocycles. The summed E-state index contributed by atoms with van der Waals surface area (Å²) >= 11 is 0. The molecule has 1 unspecified atom stereocenters. The zero-order valence-corrected chi connectivity index (χ0v) is 19.8. The highest BCUT2D eigenvalue weighted by Gasteiger charge is 2.34. The Morgan fingerprint density at radius 2 is 1.89 bits per heavy atom. The predicted molar refractivity (Wildman–Crippen MR) is 131 cm³/mol. The number of aromatic nitrogens is 1. The van der Waals surface area contributed by atoms with Gasteiger partial charge in [0, 0.05) is 30.7 Å². The fourth-order valence-corrected chi connectivity index (χ4v) is 6.00. The summed E-state index contributed by atoms with van der Waals surface area (Å²) in [5.74, 6) is 0.993. The lowest BCUT2D eigenvalue weighted by Crippen LogP contribution is -2.38. The van der Waals surface area contributed by atoms with Crippen LogP contribution in [0.25, 0.3) is 6.08 Å². The van der Waals surface area contributed by atoms with Crippen molar-refractivity contribution in [2.24, 2.45) is 0 Å². The van der Waals surface area contributed by atoms with E-state index < -0.39 is 10.0 Å². The van der Waals surface area contributed by atoms with Crippen LogP contribution in [0.3, 0.4) is 0 Å². The van der Waals surface area contributed by atoms with Crippen LogP contribution in [-0.4, -0.2) is 37.0 Å². The lowest BCUT2D eigenvalue weighted by molar-refractivity contribution is -0.111. The van der Waals surface area contributed by atoms with Gasteiger partial charge in [-0.25, -0.2) is 8.42 Å². The summed E-state index contributed by atoms with van der Waals surface area (Å²) in [6, 6.07) is 15.2. The molecule has 1 N–H and O–H groups in total. The van der Waals surface area contributed by atoms with Crippen LogP contribution in [0.5, 0.6) is 11.5 Å². The Hall–Kier alpha value is -3.69. The van der Waals surface area contributed by atoms with Crippen molar-refractivity contribution in [3.8, 4) is 11.5 Å². The molecule has 9 heteroatoms. The summed E-state index contributed by atoms with van der Waals surface area (Å²) in [6.07, 6.45) is 9.04. The van der Waals surface area contributed by atoms with Crippen LogP contribution in [0.4, 0.5) is 5.69 Å². The number of nitrogens with one attached hydrogen (secondary N) is 1. The molecule has 2 aliphatic rings. The van der Waals surface area contributed by atoms with E-state index in [0.29, 0.717) is 23.7 Å². The van der Waals surface area contributed by atoms with E-state index in [1.165, 1.54) is 18.2 Å². The van der Waals surface area contributed by atoms with Gasteiger partial charge in [0.25, 0.3) is 0 Å². The van der Waals surface area contributed by atoms with Crippen LogP contribution in [0, 0.1) is 0 Å². The number of anilines is 1. The van der Waals surface area contributed by atoms with Crippen molar-refractivity contribution in [1.29, 1.82) is 0 Å². The summed E-state index contributed by atoms with van der Waals surface area (Å²) in [7, 11) is -3.70. The Morgan fingerprint density at radius 3 is 2.69 bits per heavy atom. The third kappa shape index (κ3) is 5.06. The van der Waals surface area contributed by atoms with E-state index in [9.17, 15) is 13.2 Å². The fraction of sp³-hybridized carbons (Fsp3) is 0.231. The number of hydrogen-bond donors (Lipinski definition) is 1. The summed E-state index contributed by atoms with van der Waals surface area (Å²) in [5.41, 5.74) is 2.20. The number of sulfonamides is 1. The monoisotopic (exact) mass is 491 g/mol. The molecule has 8 nitrogen and oxygen atoms in total. The van der Waals surface area contributed by atoms with E-state index in [-0.39, 0.29) is 23.6 Å². The molecule has 1 amide bonds. The number of benzene rings is 2. The van der Waals surface area contributed by atoms with Crippen molar-refractivity contribution in [3.63, 3.8) is 0 Å². The van der Waals surface area contributed by atoms with Crippen molar-refractivity contribution >= 4 is 27.7 Å². The van der Waals surface area contributed by atoms with E-state index in [0.717, 1.165) is 30.4 Å². The average Bonchev–Trinajstić information content (AvgIpc) is 3.36. The average molecular weight is 492 g/mol. The number of pyridine rings is 1. The number of ether oxygens (including phenoxy) is 2. The lowest BCUT2D eigenvalue weighted by atomic mass is 9.99. The fourth-order valence-electron chi connectivity index (χ4n) is 4.32. The van der Waals surface area contributed by atoms with E-state index in [4.69, 9.17) is 9.47 Å². The van der Waals surface area contributed by atoms with Gasteiger partial charge in [-0.15, -0.1) is 0 Å². The summed E-state index contributed by atoms with van der Waals surface area (Å²) in [6.45, 7) is 0.654. The highest BCUT2D eigenvalue weighted by molar-refractivity contribution is 7.89. The SMILES string of the molecule is O=C(/C=C/c1ccc2c(c1)OCO2)Nc1ccc(S(=O)(=O)N2CCCCC2c2cccnc2)cc1. The van der Waals surface area contributed by atoms with E-state index in [1.807, 2.05) is 18.2 Å². The van der Waals surface area contributed by atoms with E-state index in [1.54, 1.807) is 47.0 Å². The molecule has 3 heterocycles. The first kappa shape index (κ1) is 23.1. The number of hydrogen-bond acceptors (Lipinski definition) is 6. The van der Waals surface area contributed by atoms with Gasteiger partial charge in [-0.3, -0.25) is 9.78 Å². The molecular weight excluding hydrogens is 466 g/mol. The normalized spacial score (nSPS) is 18.0. The van der Waals surface area contributed by atoms with Crippen molar-refractivity contribution in [2.75, 3.05) is 18.7 Å². The molecule has 1 saturated heterocycles. The number of rotatable bonds is 6. The molecule has 0 saturated carbocycles. The number of piperidine rings is 1. The Labute approximate surface area is 204 Å². The van der Waals surface area contributed by atoms with Crippen LogP contribution >= 0.6 is 0 Å². The molecule has 35 heavy (non-hydrogen) atoms. The van der Waals surface area contributed by atoms with Crippen LogP contribution in [0.2, 0.25) is 0 Å². The maximum atomic E-state index is 13.4. The third-order valence-corrected chi connectivity index (χ3v) is 8.00. The maximum Gasteiger partial charge on any atom is 0.248 e. The lowest BCUT2D eigenvalue weighted by Gasteiger charge is -2.34. The van der Waals surface area contributed by atoms with Crippen molar-refractivity contribution in [2.45, 2.75) is 30.2 Å². The second-order valence-corrected chi connectivity index (χ2v) is 10.3. The molecule has 0 bridgehead atoms. The molecule has 180 valence electrons. The van der Waals surface area contributed by atoms with Gasteiger partial charge < -0.3 is 14.8 Å². The maximum absolute atomic E-state index is 13.4. The summed E-state index contributed by atoms with van der Waals surface area (Å²) < 4.78 is 39.1. The first-order valence-corrected chi connectivity index (χ1v) is 12.9. The van der Waals surface area contributed by atoms with Crippen LogP contribution in [0.15, 0.2) is 78.0 Å². The zero-order valence-electron chi connectivity index (χ0n) is 19.0. The van der Waals surface area contributed by atoms with Crippen LogP contribution in [0.1, 0.15) is 36.4 Å². The molecule has 2 aromatic carbocycles. The van der Waals surface area contributed by atoms with Gasteiger partial charge in [0.15, 0.2) is 11.5 Å². The van der Waals surface area contributed by atoms with Gasteiger partial charge in [0.05, 0.1) is 10.9 Å². The van der Waals surface area contributed by atoms with Crippen molar-refractivity contribution in [3.05, 3.63) is 84.2 Å². The van der Waals surface area contributed by atoms with Gasteiger partial charge in [-0.1, -0.05) is 18.6 Å². The quantitative estimate of drug-likeness (QED) is 0.514. The van der Waals surface area contributed by atoms with Gasteiger partial charge >= 0.3 is 0 Å². The zero-order chi connectivity index (χ0) is 24.3. The van der Waals surface area contributed by atoms with E-state index >= 15 is 0 Å². The molecule has 3 aromatic rings. The molecule has 0 radical (unpaired) electrons. The minimum absolute atomic E-state index is 0.191. The number of carbonyl (C=O) groups is 1. The largest absolute Gasteiger partial charge is 0.454 e. The molecule has 1 fully saturated rings. The highest BCUT2D eigenvalue weighted by Crippen LogP contribution is 2.35. The Kier molecular flexibility index (Phi) is 6.52. The Balaban J connectivity index is 1.26. The Morgan fingerprint density at radius 1 is 1.06 bits per heavy atom. The second kappa shape index (κ2) is 9.89. The molecule has 5 rings (SSSR count). The molecule has 1 atom stereocenters. The number of amides is 1. The topological polar surface area (TPSA) is 97.8 Å². The number of fused-ring (bicyclic) bond motifs is 1. The minimum atomic E-state index is -3.70. The number of nitrogens with zero attached hydrogens (tertiary/aromatic N) is 2. The first-order valence-electron chi connectivity index (χ1n) is 11.4. The highest BCUT2D eigenvalue weighted by atomic mass is 32.2. The van der Waals surface area contributed by atoms with Crippen molar-refractivity contribution < 1.29 is 22.7 Å². The predicted octanol–water partition coefficient (Wildman–Crippen LogP) is 4.38. The van der Waals surface area contributed by atoms with Gasteiger partial charge in [-0.05, 0) is 72.5 Å². The molecule has 2 aliphatic heterocycles. The van der Waals surface area contributed by atoms with Gasteiger partial charge in [0.1, 0.15) is 0 Å². The summed E-state index contributed by atoms with van der Waals surface area (Å²) in [4.78, 5) is 16.7. The van der Waals surface area contributed by atoms with Gasteiger partial charge in [0.2, 0.25) is 22.7 Å². The van der Waals surface area contributed by atoms with Gasteiger partial charge in [-0.2, -0.15) is 4.31 Å². The molecular formula is C26H25N3O5S. The van der Waals surface area contributed by atoms with Crippen LogP contribution < -0.4 is 14.8 Å². The minimum Gasteiger partial charge on any atom is -0.454 e. The first-order chi connectivity index (χ1) is 17.0. The van der Waals surface area contributed by atoms with Crippen LogP contribution in [-0.2, 0) is 14.8 Å².